The van der Waals surface area contributed by atoms with Crippen LogP contribution in [0.4, 0.5) is 33.9 Å². The highest BCUT2D eigenvalue weighted by atomic mass is 19.3. The Morgan fingerprint density at radius 3 is 2.60 bits per heavy atom. The van der Waals surface area contributed by atoms with Gasteiger partial charge in [-0.2, -0.15) is 0 Å². The third-order valence-electron chi connectivity index (χ3n) is 7.20. The van der Waals surface area contributed by atoms with E-state index in [4.69, 9.17) is 11.5 Å². The van der Waals surface area contributed by atoms with E-state index in [1.165, 1.54) is 25.8 Å². The van der Waals surface area contributed by atoms with Gasteiger partial charge in [0.25, 0.3) is 6.43 Å². The smallest absolute Gasteiger partial charge is 0.434 e. The van der Waals surface area contributed by atoms with Gasteiger partial charge in [-0.15, -0.1) is 0 Å². The van der Waals surface area contributed by atoms with E-state index in [9.17, 15) is 27.5 Å². The van der Waals surface area contributed by atoms with Crippen LogP contribution in [0.2, 0.25) is 0 Å². The molecule has 1 fully saturated rings. The number of halogens is 4. The summed E-state index contributed by atoms with van der Waals surface area (Å²) < 4.78 is 67.5. The standard InChI is InChI=1S/C27H28F4N8O4/c1-2-42-26(41)43-21-16(28)6-14(7-17(21)29)18-8-15(10-39-13-37-20-24(32)35-12-36-25(20)39)19(9-34-18)38-5-3-4-27(33,11-38)22(40)23(30)31/h6-9,12-13,22-23,40H,2-5,10-11,33H2,1H3,(H2,32,35,36)/t22-,27+/m0/s1. The molecule has 4 heterocycles. The Kier molecular flexibility index (Phi) is 8.32. The number of carbonyl (C=O) groups excluding carboxylic acids is 1. The topological polar surface area (TPSA) is 168 Å². The molecule has 2 atom stereocenters. The van der Waals surface area contributed by atoms with Crippen molar-refractivity contribution >= 4 is 28.8 Å². The van der Waals surface area contributed by atoms with Crippen molar-refractivity contribution in [1.29, 1.82) is 0 Å². The molecule has 0 radical (unpaired) electrons. The summed E-state index contributed by atoms with van der Waals surface area (Å²) in [5.41, 5.74) is 12.6. The zero-order valence-electron chi connectivity index (χ0n) is 22.9. The Hall–Kier alpha value is -4.57. The van der Waals surface area contributed by atoms with Crippen molar-refractivity contribution in [2.75, 3.05) is 30.3 Å². The summed E-state index contributed by atoms with van der Waals surface area (Å²) in [6, 6.07) is 3.48. The van der Waals surface area contributed by atoms with Crippen LogP contribution in [-0.4, -0.2) is 73.5 Å². The maximum absolute atomic E-state index is 14.9. The van der Waals surface area contributed by atoms with Gasteiger partial charge in [0, 0.05) is 18.7 Å². The molecule has 12 nitrogen and oxygen atoms in total. The average Bonchev–Trinajstić information content (AvgIpc) is 3.38. The second-order valence-electron chi connectivity index (χ2n) is 10.1. The zero-order valence-corrected chi connectivity index (χ0v) is 22.9. The Labute approximate surface area is 242 Å². The van der Waals surface area contributed by atoms with Crippen molar-refractivity contribution in [1.82, 2.24) is 24.5 Å². The van der Waals surface area contributed by atoms with E-state index in [-0.39, 0.29) is 43.2 Å². The van der Waals surface area contributed by atoms with Gasteiger partial charge in [0.05, 0.1) is 42.6 Å². The number of hydrogen-bond donors (Lipinski definition) is 3. The summed E-state index contributed by atoms with van der Waals surface area (Å²) in [7, 11) is 0. The molecular formula is C27H28F4N8O4. The van der Waals surface area contributed by atoms with Gasteiger partial charge in [-0.05, 0) is 43.5 Å². The van der Waals surface area contributed by atoms with Crippen molar-refractivity contribution in [3.05, 3.63) is 54.2 Å². The average molecular weight is 605 g/mol. The number of pyridine rings is 1. The third-order valence-corrected chi connectivity index (χ3v) is 7.20. The lowest BCUT2D eigenvalue weighted by molar-refractivity contribution is -0.0529. The Balaban J connectivity index is 1.56. The number of alkyl halides is 2. The van der Waals surface area contributed by atoms with Crippen LogP contribution in [0.25, 0.3) is 22.4 Å². The normalized spacial score (nSPS) is 17.8. The number of anilines is 2. The second kappa shape index (κ2) is 12.0. The minimum atomic E-state index is -3.03. The number of carbonyl (C=O) groups is 1. The van der Waals surface area contributed by atoms with Crippen molar-refractivity contribution in [3.8, 4) is 17.0 Å². The number of nitrogens with zero attached hydrogens (tertiary/aromatic N) is 6. The molecule has 5 N–H and O–H groups in total. The summed E-state index contributed by atoms with van der Waals surface area (Å²) in [6.07, 6.45) is -1.55. The minimum Gasteiger partial charge on any atom is -0.434 e. The number of nitrogens with two attached hydrogens (primary N) is 2. The van der Waals surface area contributed by atoms with Crippen LogP contribution >= 0.6 is 0 Å². The molecular weight excluding hydrogens is 576 g/mol. The lowest BCUT2D eigenvalue weighted by Gasteiger charge is -2.44. The van der Waals surface area contributed by atoms with Crippen LogP contribution < -0.4 is 21.1 Å². The van der Waals surface area contributed by atoms with Crippen LogP contribution in [0.5, 0.6) is 5.75 Å². The molecule has 16 heteroatoms. The summed E-state index contributed by atoms with van der Waals surface area (Å²) in [5, 5.41) is 10.2. The molecule has 43 heavy (non-hydrogen) atoms. The molecule has 228 valence electrons. The van der Waals surface area contributed by atoms with Gasteiger partial charge in [-0.1, -0.05) is 0 Å². The number of aliphatic hydroxyl groups excluding tert-OH is 1. The third kappa shape index (κ3) is 6.01. The molecule has 3 aromatic heterocycles. The first-order valence-electron chi connectivity index (χ1n) is 13.2. The van der Waals surface area contributed by atoms with Gasteiger partial charge in [0.2, 0.25) is 5.75 Å². The second-order valence-corrected chi connectivity index (χ2v) is 10.1. The van der Waals surface area contributed by atoms with Crippen LogP contribution in [0.3, 0.4) is 0 Å². The fourth-order valence-corrected chi connectivity index (χ4v) is 5.10. The lowest BCUT2D eigenvalue weighted by atomic mass is 9.84. The number of aliphatic hydroxyl groups is 1. The molecule has 0 unspecified atom stereocenters. The molecule has 0 bridgehead atoms. The van der Waals surface area contributed by atoms with Crippen molar-refractivity contribution in [2.45, 2.75) is 44.4 Å². The molecule has 4 aromatic rings. The highest BCUT2D eigenvalue weighted by Crippen LogP contribution is 2.34. The molecule has 0 saturated carbocycles. The molecule has 1 aliphatic rings. The van der Waals surface area contributed by atoms with E-state index in [1.807, 2.05) is 0 Å². The van der Waals surface area contributed by atoms with Crippen LogP contribution in [0, 0.1) is 11.6 Å². The zero-order chi connectivity index (χ0) is 30.9. The molecule has 5 rings (SSSR count). The van der Waals surface area contributed by atoms with Crippen LogP contribution in [0.1, 0.15) is 25.3 Å². The Morgan fingerprint density at radius 1 is 1.16 bits per heavy atom. The monoisotopic (exact) mass is 604 g/mol. The highest BCUT2D eigenvalue weighted by molar-refractivity contribution is 5.81. The maximum atomic E-state index is 14.9. The Bertz CT molecular complexity index is 1630. The van der Waals surface area contributed by atoms with Gasteiger partial charge in [-0.25, -0.2) is 37.3 Å². The lowest BCUT2D eigenvalue weighted by Crippen LogP contribution is -2.63. The predicted octanol–water partition coefficient (Wildman–Crippen LogP) is 3.26. The fraction of sp³-hybridized carbons (Fsp3) is 0.370. The summed E-state index contributed by atoms with van der Waals surface area (Å²) in [4.78, 5) is 30.2. The van der Waals surface area contributed by atoms with Crippen LogP contribution in [-0.2, 0) is 11.3 Å². The number of imidazole rings is 1. The predicted molar refractivity (Wildman–Crippen MR) is 146 cm³/mol. The van der Waals surface area contributed by atoms with Crippen molar-refractivity contribution in [2.24, 2.45) is 5.73 Å². The van der Waals surface area contributed by atoms with E-state index < -0.39 is 41.6 Å². The van der Waals surface area contributed by atoms with Gasteiger partial charge in [0.1, 0.15) is 17.9 Å². The molecule has 1 saturated heterocycles. The van der Waals surface area contributed by atoms with Crippen LogP contribution in [0.15, 0.2) is 37.1 Å². The van der Waals surface area contributed by atoms with E-state index in [1.54, 1.807) is 15.5 Å². The van der Waals surface area contributed by atoms with E-state index >= 15 is 0 Å². The molecule has 0 spiro atoms. The number of piperidine rings is 1. The Morgan fingerprint density at radius 2 is 1.91 bits per heavy atom. The van der Waals surface area contributed by atoms with Gasteiger partial charge in [0.15, 0.2) is 23.1 Å². The number of rotatable bonds is 8. The first-order chi connectivity index (χ1) is 20.5. The quantitative estimate of drug-likeness (QED) is 0.153. The molecule has 1 aliphatic heterocycles. The summed E-state index contributed by atoms with van der Waals surface area (Å²) in [6.45, 7) is 1.89. The first-order valence-corrected chi connectivity index (χ1v) is 13.2. The summed E-state index contributed by atoms with van der Waals surface area (Å²) >= 11 is 0. The first kappa shape index (κ1) is 29.9. The van der Waals surface area contributed by atoms with Gasteiger partial charge >= 0.3 is 6.16 Å². The SMILES string of the molecule is CCOC(=O)Oc1c(F)cc(-c2cc(Cn3cnc4c(N)ncnc43)c(N3CCC[C@](N)([C@@H](O)C(F)F)C3)cn2)cc1F. The number of nitrogen functional groups attached to an aromatic ring is 1. The van der Waals surface area contributed by atoms with E-state index in [0.717, 1.165) is 12.1 Å². The highest BCUT2D eigenvalue weighted by Gasteiger charge is 2.43. The van der Waals surface area contributed by atoms with E-state index in [0.29, 0.717) is 35.4 Å². The number of hydrogen-bond acceptors (Lipinski definition) is 11. The molecule has 0 amide bonds. The van der Waals surface area contributed by atoms with Gasteiger partial charge < -0.3 is 35.5 Å². The number of aromatic nitrogens is 5. The maximum Gasteiger partial charge on any atom is 0.514 e. The van der Waals surface area contributed by atoms with Crippen molar-refractivity contribution < 1.29 is 36.9 Å². The largest absolute Gasteiger partial charge is 0.514 e. The van der Waals surface area contributed by atoms with Gasteiger partial charge in [-0.3, -0.25) is 4.98 Å². The number of ether oxygens (including phenoxy) is 2. The number of fused-ring (bicyclic) bond motifs is 1. The minimum absolute atomic E-state index is 0.0287. The number of benzene rings is 1. The molecule has 0 aliphatic carbocycles. The van der Waals surface area contributed by atoms with E-state index in [2.05, 4.69) is 29.4 Å². The fourth-order valence-electron chi connectivity index (χ4n) is 5.10. The van der Waals surface area contributed by atoms with Crippen molar-refractivity contribution in [3.63, 3.8) is 0 Å². The molecule has 1 aromatic carbocycles. The summed E-state index contributed by atoms with van der Waals surface area (Å²) in [5.74, 6) is -3.08.